The molecule has 0 radical (unpaired) electrons. The van der Waals surface area contributed by atoms with E-state index in [1.54, 1.807) is 0 Å². The molecular formula is C15H24N2O. The fourth-order valence-corrected chi connectivity index (χ4v) is 2.72. The van der Waals surface area contributed by atoms with Gasteiger partial charge in [0.05, 0.1) is 0 Å². The van der Waals surface area contributed by atoms with Crippen LogP contribution in [0.4, 0.5) is 5.69 Å². The van der Waals surface area contributed by atoms with Crippen LogP contribution in [-0.4, -0.2) is 36.7 Å². The van der Waals surface area contributed by atoms with E-state index in [4.69, 9.17) is 0 Å². The Morgan fingerprint density at radius 2 is 2.17 bits per heavy atom. The average Bonchev–Trinajstić information content (AvgIpc) is 2.35. The van der Waals surface area contributed by atoms with Crippen LogP contribution in [-0.2, 0) is 0 Å². The predicted molar refractivity (Wildman–Crippen MR) is 76.3 cm³/mol. The molecule has 0 aliphatic carbocycles. The van der Waals surface area contributed by atoms with Gasteiger partial charge in [-0.15, -0.1) is 0 Å². The van der Waals surface area contributed by atoms with Crippen LogP contribution in [0, 0.1) is 19.8 Å². The summed E-state index contributed by atoms with van der Waals surface area (Å²) in [7, 11) is 2.19. The molecule has 0 spiro atoms. The quantitative estimate of drug-likeness (QED) is 0.863. The number of nitrogens with one attached hydrogen (secondary N) is 1. The summed E-state index contributed by atoms with van der Waals surface area (Å²) in [5.41, 5.74) is 2.96. The number of aromatic hydroxyl groups is 1. The van der Waals surface area contributed by atoms with Gasteiger partial charge >= 0.3 is 0 Å². The van der Waals surface area contributed by atoms with E-state index >= 15 is 0 Å². The Bertz CT molecular complexity index is 417. The lowest BCUT2D eigenvalue weighted by molar-refractivity contribution is 0.217. The number of benzene rings is 1. The molecule has 0 saturated carbocycles. The smallest absolute Gasteiger partial charge is 0.123 e. The van der Waals surface area contributed by atoms with Crippen molar-refractivity contribution in [2.75, 3.05) is 32.0 Å². The summed E-state index contributed by atoms with van der Waals surface area (Å²) in [6, 6.07) is 4.04. The van der Waals surface area contributed by atoms with Gasteiger partial charge < -0.3 is 15.3 Å². The normalized spacial score (nSPS) is 20.9. The molecule has 2 rings (SSSR count). The summed E-state index contributed by atoms with van der Waals surface area (Å²) >= 11 is 0. The number of phenols is 1. The van der Waals surface area contributed by atoms with Crippen LogP contribution in [0.2, 0.25) is 0 Å². The highest BCUT2D eigenvalue weighted by Crippen LogP contribution is 2.28. The minimum Gasteiger partial charge on any atom is -0.507 e. The average molecular weight is 248 g/mol. The van der Waals surface area contributed by atoms with Crippen LogP contribution >= 0.6 is 0 Å². The van der Waals surface area contributed by atoms with Crippen molar-refractivity contribution >= 4 is 5.69 Å². The molecule has 0 aromatic heterocycles. The van der Waals surface area contributed by atoms with Gasteiger partial charge in [0.1, 0.15) is 5.75 Å². The largest absolute Gasteiger partial charge is 0.507 e. The predicted octanol–water partition coefficient (Wildman–Crippen LogP) is 2.76. The highest BCUT2D eigenvalue weighted by molar-refractivity contribution is 5.59. The third-order valence-electron chi connectivity index (χ3n) is 3.94. The number of anilines is 1. The number of nitrogens with zero attached hydrogens (tertiary/aromatic N) is 1. The van der Waals surface area contributed by atoms with Gasteiger partial charge in [-0.3, -0.25) is 0 Å². The lowest BCUT2D eigenvalue weighted by Crippen LogP contribution is -2.35. The molecule has 1 fully saturated rings. The lowest BCUT2D eigenvalue weighted by atomic mass is 9.98. The third kappa shape index (κ3) is 2.96. The molecule has 1 aromatic rings. The number of piperidine rings is 1. The summed E-state index contributed by atoms with van der Waals surface area (Å²) in [6.07, 6.45) is 2.59. The standard InChI is InChI=1S/C15H24N2O/c1-11-6-7-14(12(2)15(11)18)16-9-13-5-4-8-17(3)10-13/h6-7,13,16,18H,4-5,8-10H2,1-3H3. The molecule has 3 nitrogen and oxygen atoms in total. The molecule has 1 saturated heterocycles. The van der Waals surface area contributed by atoms with E-state index in [1.807, 2.05) is 19.9 Å². The van der Waals surface area contributed by atoms with E-state index in [9.17, 15) is 5.11 Å². The third-order valence-corrected chi connectivity index (χ3v) is 3.94. The Morgan fingerprint density at radius 1 is 1.39 bits per heavy atom. The zero-order chi connectivity index (χ0) is 13.1. The van der Waals surface area contributed by atoms with Crippen molar-refractivity contribution in [1.29, 1.82) is 0 Å². The van der Waals surface area contributed by atoms with E-state index in [1.165, 1.54) is 25.9 Å². The minimum absolute atomic E-state index is 0.417. The second-order valence-corrected chi connectivity index (χ2v) is 5.56. The van der Waals surface area contributed by atoms with E-state index in [2.05, 4.69) is 23.3 Å². The number of hydrogen-bond acceptors (Lipinski definition) is 3. The van der Waals surface area contributed by atoms with Gasteiger partial charge in [0.15, 0.2) is 0 Å². The fraction of sp³-hybridized carbons (Fsp3) is 0.600. The lowest BCUT2D eigenvalue weighted by Gasteiger charge is -2.30. The molecule has 100 valence electrons. The molecule has 1 aliphatic rings. The molecule has 0 amide bonds. The van der Waals surface area contributed by atoms with Crippen molar-refractivity contribution in [3.05, 3.63) is 23.3 Å². The molecule has 1 atom stereocenters. The topological polar surface area (TPSA) is 35.5 Å². The molecule has 1 aliphatic heterocycles. The van der Waals surface area contributed by atoms with Crippen LogP contribution in [0.3, 0.4) is 0 Å². The zero-order valence-corrected chi connectivity index (χ0v) is 11.7. The Balaban J connectivity index is 1.96. The van der Waals surface area contributed by atoms with Crippen molar-refractivity contribution in [3.63, 3.8) is 0 Å². The van der Waals surface area contributed by atoms with Crippen LogP contribution in [0.1, 0.15) is 24.0 Å². The molecule has 2 N–H and O–H groups in total. The maximum absolute atomic E-state index is 9.92. The van der Waals surface area contributed by atoms with E-state index in [0.717, 1.165) is 23.4 Å². The van der Waals surface area contributed by atoms with Crippen LogP contribution in [0.5, 0.6) is 5.75 Å². The monoisotopic (exact) mass is 248 g/mol. The van der Waals surface area contributed by atoms with Crippen molar-refractivity contribution in [2.45, 2.75) is 26.7 Å². The summed E-state index contributed by atoms with van der Waals surface area (Å²) in [5.74, 6) is 1.13. The summed E-state index contributed by atoms with van der Waals surface area (Å²) < 4.78 is 0. The zero-order valence-electron chi connectivity index (χ0n) is 11.7. The fourth-order valence-electron chi connectivity index (χ4n) is 2.72. The summed E-state index contributed by atoms with van der Waals surface area (Å²) in [4.78, 5) is 2.40. The van der Waals surface area contributed by atoms with Gasteiger partial charge in [-0.2, -0.15) is 0 Å². The molecule has 3 heteroatoms. The Morgan fingerprint density at radius 3 is 2.89 bits per heavy atom. The first kappa shape index (κ1) is 13.2. The first-order valence-electron chi connectivity index (χ1n) is 6.79. The van der Waals surface area contributed by atoms with Crippen LogP contribution in [0.25, 0.3) is 0 Å². The highest BCUT2D eigenvalue weighted by Gasteiger charge is 2.17. The molecule has 1 aromatic carbocycles. The summed E-state index contributed by atoms with van der Waals surface area (Å²) in [6.45, 7) is 7.29. The van der Waals surface area contributed by atoms with Gasteiger partial charge in [0.2, 0.25) is 0 Å². The Kier molecular flexibility index (Phi) is 4.12. The Labute approximate surface area is 110 Å². The SMILES string of the molecule is Cc1ccc(NCC2CCCN(C)C2)c(C)c1O. The van der Waals surface area contributed by atoms with Crippen molar-refractivity contribution in [1.82, 2.24) is 4.90 Å². The van der Waals surface area contributed by atoms with Crippen molar-refractivity contribution in [3.8, 4) is 5.75 Å². The number of rotatable bonds is 3. The highest BCUT2D eigenvalue weighted by atomic mass is 16.3. The van der Waals surface area contributed by atoms with Gasteiger partial charge in [-0.1, -0.05) is 6.07 Å². The molecular weight excluding hydrogens is 224 g/mol. The van der Waals surface area contributed by atoms with E-state index in [-0.39, 0.29) is 0 Å². The first-order chi connectivity index (χ1) is 8.58. The van der Waals surface area contributed by atoms with Gasteiger partial charge in [-0.25, -0.2) is 0 Å². The second-order valence-electron chi connectivity index (χ2n) is 5.56. The minimum atomic E-state index is 0.417. The summed E-state index contributed by atoms with van der Waals surface area (Å²) in [5, 5.41) is 13.4. The second kappa shape index (κ2) is 5.61. The maximum atomic E-state index is 9.92. The Hall–Kier alpha value is -1.22. The van der Waals surface area contributed by atoms with Crippen LogP contribution < -0.4 is 5.32 Å². The van der Waals surface area contributed by atoms with Crippen LogP contribution in [0.15, 0.2) is 12.1 Å². The van der Waals surface area contributed by atoms with Gasteiger partial charge in [0, 0.05) is 24.3 Å². The van der Waals surface area contributed by atoms with Gasteiger partial charge in [-0.05, 0) is 57.8 Å². The van der Waals surface area contributed by atoms with Crippen molar-refractivity contribution in [2.24, 2.45) is 5.92 Å². The number of likely N-dealkylation sites (tertiary alicyclic amines) is 1. The molecule has 18 heavy (non-hydrogen) atoms. The number of hydrogen-bond donors (Lipinski definition) is 2. The van der Waals surface area contributed by atoms with E-state index in [0.29, 0.717) is 11.7 Å². The molecule has 0 bridgehead atoms. The van der Waals surface area contributed by atoms with Gasteiger partial charge in [0.25, 0.3) is 0 Å². The maximum Gasteiger partial charge on any atom is 0.123 e. The van der Waals surface area contributed by atoms with E-state index < -0.39 is 0 Å². The molecule has 1 heterocycles. The molecule has 1 unspecified atom stereocenters. The first-order valence-corrected chi connectivity index (χ1v) is 6.79. The number of phenolic OH excluding ortho intramolecular Hbond substituents is 1. The van der Waals surface area contributed by atoms with Crippen molar-refractivity contribution < 1.29 is 5.11 Å². The number of aryl methyl sites for hydroxylation is 1.